The molecule has 1 fully saturated rings. The Hall–Kier alpha value is -3.17. The summed E-state index contributed by atoms with van der Waals surface area (Å²) in [6.07, 6.45) is -0.594. The Balaban J connectivity index is 2.01. The van der Waals surface area contributed by atoms with E-state index >= 15 is 0 Å². The van der Waals surface area contributed by atoms with Crippen LogP contribution in [0, 0.1) is 11.8 Å². The Morgan fingerprint density at radius 1 is 1.17 bits per heavy atom. The van der Waals surface area contributed by atoms with Gasteiger partial charge in [-0.1, -0.05) is 12.1 Å². The highest BCUT2D eigenvalue weighted by Gasteiger charge is 2.63. The van der Waals surface area contributed by atoms with Crippen LogP contribution in [0.5, 0.6) is 5.75 Å². The molecule has 3 aliphatic carbocycles. The minimum absolute atomic E-state index is 0.147. The van der Waals surface area contributed by atoms with Gasteiger partial charge in [0.25, 0.3) is 5.91 Å². The van der Waals surface area contributed by atoms with Crippen LogP contribution in [0.1, 0.15) is 30.9 Å². The highest BCUT2D eigenvalue weighted by Crippen LogP contribution is 2.56. The third-order valence-electron chi connectivity index (χ3n) is 6.36. The number of ketones is 2. The number of carbonyl (C=O) groups is 3. The lowest BCUT2D eigenvalue weighted by atomic mass is 9.56. The molecule has 7 N–H and O–H groups in total. The van der Waals surface area contributed by atoms with Crippen molar-refractivity contribution in [3.8, 4) is 5.75 Å². The third kappa shape index (κ3) is 2.19. The fourth-order valence-electron chi connectivity index (χ4n) is 4.87. The van der Waals surface area contributed by atoms with Gasteiger partial charge in [0.2, 0.25) is 5.78 Å². The molecule has 1 saturated carbocycles. The quantitative estimate of drug-likeness (QED) is 0.358. The number of amides is 1. The zero-order valence-electron chi connectivity index (χ0n) is 15.3. The first-order chi connectivity index (χ1) is 13.4. The molecule has 3 aliphatic rings. The number of primary amides is 1. The Morgan fingerprint density at radius 3 is 2.45 bits per heavy atom. The summed E-state index contributed by atoms with van der Waals surface area (Å²) in [5.74, 6) is -7.61. The molecular weight excluding hydrogens is 382 g/mol. The lowest BCUT2D eigenvalue weighted by Gasteiger charge is -2.50. The summed E-state index contributed by atoms with van der Waals surface area (Å²) in [6.45, 7) is 1.40. The minimum Gasteiger partial charge on any atom is -0.508 e. The Labute approximate surface area is 164 Å². The standard InChI is InChI=1S/C20H19NO8/c1-19(28)8-3-2-4-10(22)12(8)15(24)13-9(19)5-7-6-11(23)14(18(21)27)17(26)20(7,29)16(13)25/h2-4,7,9,22,24,26,28-29H,5-6H2,1H3,(H2,21,27)/t7-,9?,19+,20-/m0/s1. The van der Waals surface area contributed by atoms with E-state index in [0.717, 1.165) is 0 Å². The van der Waals surface area contributed by atoms with Crippen molar-refractivity contribution in [2.24, 2.45) is 17.6 Å². The summed E-state index contributed by atoms with van der Waals surface area (Å²) >= 11 is 0. The summed E-state index contributed by atoms with van der Waals surface area (Å²) in [5.41, 5.74) is -0.491. The van der Waals surface area contributed by atoms with Gasteiger partial charge in [-0.15, -0.1) is 0 Å². The summed E-state index contributed by atoms with van der Waals surface area (Å²) < 4.78 is 0. The van der Waals surface area contributed by atoms with Crippen LogP contribution in [0.4, 0.5) is 0 Å². The van der Waals surface area contributed by atoms with E-state index in [1.54, 1.807) is 0 Å². The van der Waals surface area contributed by atoms with E-state index in [2.05, 4.69) is 0 Å². The average molecular weight is 401 g/mol. The van der Waals surface area contributed by atoms with E-state index in [9.17, 15) is 39.9 Å². The molecule has 0 heterocycles. The lowest BCUT2D eigenvalue weighted by Crippen LogP contribution is -2.60. The molecule has 0 radical (unpaired) electrons. The van der Waals surface area contributed by atoms with Gasteiger partial charge in [0.1, 0.15) is 22.8 Å². The van der Waals surface area contributed by atoms with Gasteiger partial charge in [0.05, 0.1) is 11.2 Å². The van der Waals surface area contributed by atoms with Crippen molar-refractivity contribution in [3.05, 3.63) is 46.2 Å². The normalized spacial score (nSPS) is 33.9. The van der Waals surface area contributed by atoms with Crippen LogP contribution in [0.25, 0.3) is 5.76 Å². The lowest BCUT2D eigenvalue weighted by molar-refractivity contribution is -0.152. The first kappa shape index (κ1) is 19.2. The Morgan fingerprint density at radius 2 is 1.83 bits per heavy atom. The van der Waals surface area contributed by atoms with Crippen molar-refractivity contribution in [2.75, 3.05) is 0 Å². The number of aliphatic hydroxyl groups is 4. The monoisotopic (exact) mass is 401 g/mol. The fraction of sp³-hybridized carbons (Fsp3) is 0.350. The summed E-state index contributed by atoms with van der Waals surface area (Å²) in [4.78, 5) is 37.2. The van der Waals surface area contributed by atoms with Gasteiger partial charge in [-0.05, 0) is 25.0 Å². The predicted octanol–water partition coefficient (Wildman–Crippen LogP) is 0.0889. The zero-order valence-corrected chi connectivity index (χ0v) is 15.3. The molecule has 0 aromatic heterocycles. The number of phenols is 1. The molecule has 1 unspecified atom stereocenters. The zero-order chi connectivity index (χ0) is 21.5. The summed E-state index contributed by atoms with van der Waals surface area (Å²) in [5, 5.41) is 53.7. The number of rotatable bonds is 1. The first-order valence-electron chi connectivity index (χ1n) is 8.96. The molecule has 9 heteroatoms. The number of benzene rings is 1. The van der Waals surface area contributed by atoms with Crippen LogP contribution in [0.15, 0.2) is 35.1 Å². The second-order valence-electron chi connectivity index (χ2n) is 7.91. The van der Waals surface area contributed by atoms with Gasteiger partial charge < -0.3 is 31.3 Å². The molecule has 4 atom stereocenters. The highest BCUT2D eigenvalue weighted by atomic mass is 16.3. The molecule has 0 spiro atoms. The van der Waals surface area contributed by atoms with Crippen LogP contribution in [-0.2, 0) is 20.0 Å². The number of phenolic OH excluding ortho intramolecular Hbond substituents is 1. The number of aromatic hydroxyl groups is 1. The van der Waals surface area contributed by atoms with Crippen molar-refractivity contribution >= 4 is 23.2 Å². The molecule has 9 nitrogen and oxygen atoms in total. The van der Waals surface area contributed by atoms with E-state index in [1.165, 1.54) is 25.1 Å². The van der Waals surface area contributed by atoms with E-state index in [-0.39, 0.29) is 23.3 Å². The van der Waals surface area contributed by atoms with Crippen LogP contribution < -0.4 is 5.73 Å². The molecule has 0 aliphatic heterocycles. The molecule has 0 saturated heterocycles. The fourth-order valence-corrected chi connectivity index (χ4v) is 4.87. The van der Waals surface area contributed by atoms with E-state index < -0.39 is 69.6 Å². The van der Waals surface area contributed by atoms with Gasteiger partial charge in [-0.2, -0.15) is 0 Å². The van der Waals surface area contributed by atoms with Crippen molar-refractivity contribution in [1.82, 2.24) is 0 Å². The number of fused-ring (bicyclic) bond motifs is 3. The second-order valence-corrected chi connectivity index (χ2v) is 7.91. The van der Waals surface area contributed by atoms with Crippen molar-refractivity contribution in [2.45, 2.75) is 31.0 Å². The average Bonchev–Trinajstić information content (AvgIpc) is 2.62. The topological polar surface area (TPSA) is 178 Å². The first-order valence-corrected chi connectivity index (χ1v) is 8.96. The van der Waals surface area contributed by atoms with Gasteiger partial charge in [0.15, 0.2) is 11.4 Å². The molecule has 1 amide bonds. The maximum atomic E-state index is 13.3. The largest absolute Gasteiger partial charge is 0.508 e. The number of aliphatic hydroxyl groups excluding tert-OH is 2. The minimum atomic E-state index is -2.66. The number of hydrogen-bond donors (Lipinski definition) is 6. The smallest absolute Gasteiger partial charge is 0.255 e. The third-order valence-corrected chi connectivity index (χ3v) is 6.36. The number of Topliss-reactive ketones (excluding diaryl/α,β-unsaturated/α-hetero) is 2. The van der Waals surface area contributed by atoms with Gasteiger partial charge in [-0.3, -0.25) is 14.4 Å². The van der Waals surface area contributed by atoms with Crippen molar-refractivity contribution in [1.29, 1.82) is 0 Å². The van der Waals surface area contributed by atoms with Crippen molar-refractivity contribution < 1.29 is 39.9 Å². The number of hydrogen-bond acceptors (Lipinski definition) is 8. The maximum Gasteiger partial charge on any atom is 0.255 e. The second kappa shape index (κ2) is 5.68. The molecule has 1 aromatic carbocycles. The maximum absolute atomic E-state index is 13.3. The Bertz CT molecular complexity index is 1070. The van der Waals surface area contributed by atoms with Crippen LogP contribution in [-0.4, -0.2) is 48.6 Å². The molecular formula is C20H19NO8. The van der Waals surface area contributed by atoms with Gasteiger partial charge >= 0.3 is 0 Å². The van der Waals surface area contributed by atoms with E-state index in [4.69, 9.17) is 5.73 Å². The van der Waals surface area contributed by atoms with Gasteiger partial charge in [-0.25, -0.2) is 0 Å². The number of nitrogens with two attached hydrogens (primary N) is 1. The molecule has 4 rings (SSSR count). The van der Waals surface area contributed by atoms with Crippen LogP contribution in [0.3, 0.4) is 0 Å². The number of carbonyl (C=O) groups excluding carboxylic acids is 3. The van der Waals surface area contributed by atoms with Crippen molar-refractivity contribution in [3.63, 3.8) is 0 Å². The SMILES string of the molecule is C[C@@]1(O)c2cccc(O)c2C(O)=C2C(=O)[C@]3(O)C(O)=C(C(N)=O)C(=O)C[C@@H]3CC21. The van der Waals surface area contributed by atoms with Crippen LogP contribution in [0.2, 0.25) is 0 Å². The van der Waals surface area contributed by atoms with E-state index in [0.29, 0.717) is 0 Å². The van der Waals surface area contributed by atoms with E-state index in [1.807, 2.05) is 0 Å². The predicted molar refractivity (Wildman–Crippen MR) is 97.3 cm³/mol. The highest BCUT2D eigenvalue weighted by molar-refractivity contribution is 6.22. The Kier molecular flexibility index (Phi) is 3.75. The molecule has 152 valence electrons. The summed E-state index contributed by atoms with van der Waals surface area (Å²) in [6, 6.07) is 4.22. The molecule has 29 heavy (non-hydrogen) atoms. The molecule has 1 aromatic rings. The summed E-state index contributed by atoms with van der Waals surface area (Å²) in [7, 11) is 0. The molecule has 0 bridgehead atoms. The van der Waals surface area contributed by atoms with Gasteiger partial charge in [0, 0.05) is 23.8 Å². The van der Waals surface area contributed by atoms with Crippen LogP contribution >= 0.6 is 0 Å².